The fourth-order valence-corrected chi connectivity index (χ4v) is 5.34. The first kappa shape index (κ1) is 21.8. The van der Waals surface area contributed by atoms with Gasteiger partial charge < -0.3 is 19.7 Å². The Morgan fingerprint density at radius 2 is 1.97 bits per heavy atom. The summed E-state index contributed by atoms with van der Waals surface area (Å²) >= 11 is 0. The number of carbonyl (C=O) groups excluding carboxylic acids is 1. The number of hydrogen-bond donors (Lipinski definition) is 1. The maximum Gasteiger partial charge on any atom is 0.410 e. The number of hydrogen-bond acceptors (Lipinski definition) is 6. The van der Waals surface area contributed by atoms with Crippen LogP contribution in [0.4, 0.5) is 10.6 Å². The summed E-state index contributed by atoms with van der Waals surface area (Å²) in [5.41, 5.74) is 0.932. The van der Waals surface area contributed by atoms with Crippen molar-refractivity contribution in [2.75, 3.05) is 25.5 Å². The molecule has 1 saturated carbocycles. The molecule has 1 amide bonds. The number of aromatic nitrogens is 2. The molecular formula is C25H32N4O4. The number of ether oxygens (including phenoxy) is 2. The van der Waals surface area contributed by atoms with E-state index in [0.29, 0.717) is 18.9 Å². The molecule has 1 N–H and O–H groups in total. The maximum absolute atomic E-state index is 13.6. The molecule has 1 aromatic heterocycles. The van der Waals surface area contributed by atoms with Gasteiger partial charge in [0.1, 0.15) is 23.0 Å². The Kier molecular flexibility index (Phi) is 5.14. The third-order valence-electron chi connectivity index (χ3n) is 6.93. The quantitative estimate of drug-likeness (QED) is 0.766. The van der Waals surface area contributed by atoms with Crippen LogP contribution in [0.2, 0.25) is 0 Å². The van der Waals surface area contributed by atoms with Crippen molar-refractivity contribution in [3.63, 3.8) is 0 Å². The van der Waals surface area contributed by atoms with Gasteiger partial charge in [-0.3, -0.25) is 9.36 Å². The van der Waals surface area contributed by atoms with Crippen LogP contribution in [0.25, 0.3) is 0 Å². The Bertz CT molecular complexity index is 1130. The van der Waals surface area contributed by atoms with E-state index in [4.69, 9.17) is 14.5 Å². The van der Waals surface area contributed by atoms with Gasteiger partial charge in [-0.2, -0.15) is 0 Å². The van der Waals surface area contributed by atoms with Gasteiger partial charge in [-0.25, -0.2) is 9.78 Å². The Balaban J connectivity index is 1.51. The molecule has 8 nitrogen and oxygen atoms in total. The minimum absolute atomic E-state index is 0.0200. The van der Waals surface area contributed by atoms with Crippen molar-refractivity contribution >= 4 is 11.9 Å². The number of carbonyl (C=O) groups is 1. The molecule has 2 bridgehead atoms. The smallest absolute Gasteiger partial charge is 0.410 e. The minimum Gasteiger partial charge on any atom is -0.497 e. The molecule has 1 aromatic carbocycles. The zero-order valence-corrected chi connectivity index (χ0v) is 19.8. The van der Waals surface area contributed by atoms with Crippen LogP contribution in [0, 0.1) is 0 Å². The minimum atomic E-state index is -0.540. The Labute approximate surface area is 193 Å². The Morgan fingerprint density at radius 3 is 2.64 bits per heavy atom. The number of amides is 1. The summed E-state index contributed by atoms with van der Waals surface area (Å²) in [7, 11) is 1.64. The summed E-state index contributed by atoms with van der Waals surface area (Å²) in [6, 6.07) is 7.91. The average Bonchev–Trinajstić information content (AvgIpc) is 3.32. The molecule has 176 valence electrons. The first-order valence-electron chi connectivity index (χ1n) is 11.7. The van der Waals surface area contributed by atoms with E-state index in [1.165, 1.54) is 0 Å². The number of nitrogens with zero attached hydrogens (tertiary/aromatic N) is 3. The largest absolute Gasteiger partial charge is 0.497 e. The maximum atomic E-state index is 13.6. The predicted molar refractivity (Wildman–Crippen MR) is 125 cm³/mol. The zero-order valence-electron chi connectivity index (χ0n) is 19.8. The molecule has 2 saturated heterocycles. The van der Waals surface area contributed by atoms with Crippen LogP contribution in [0.3, 0.4) is 0 Å². The van der Waals surface area contributed by atoms with Gasteiger partial charge in [-0.05, 0) is 64.2 Å². The number of methoxy groups -OCH3 is 1. The van der Waals surface area contributed by atoms with E-state index < -0.39 is 5.60 Å². The summed E-state index contributed by atoms with van der Waals surface area (Å²) < 4.78 is 12.7. The van der Waals surface area contributed by atoms with Gasteiger partial charge in [0.05, 0.1) is 24.6 Å². The lowest BCUT2D eigenvalue weighted by Crippen LogP contribution is -2.45. The molecule has 33 heavy (non-hydrogen) atoms. The topological polar surface area (TPSA) is 85.7 Å². The van der Waals surface area contributed by atoms with E-state index in [9.17, 15) is 9.59 Å². The van der Waals surface area contributed by atoms with Gasteiger partial charge in [-0.15, -0.1) is 0 Å². The molecule has 4 heterocycles. The molecule has 0 unspecified atom stereocenters. The number of anilines is 1. The van der Waals surface area contributed by atoms with Crippen LogP contribution >= 0.6 is 0 Å². The second kappa shape index (κ2) is 7.78. The predicted octanol–water partition coefficient (Wildman–Crippen LogP) is 3.31. The Morgan fingerprint density at radius 1 is 1.24 bits per heavy atom. The number of rotatable bonds is 4. The lowest BCUT2D eigenvalue weighted by atomic mass is 9.69. The lowest BCUT2D eigenvalue weighted by Gasteiger charge is -2.38. The molecule has 4 aliphatic rings. The van der Waals surface area contributed by atoms with E-state index in [2.05, 4.69) is 5.32 Å². The third-order valence-corrected chi connectivity index (χ3v) is 6.93. The number of benzene rings is 1. The number of fused-ring (bicyclic) bond motifs is 2. The molecule has 3 aliphatic heterocycles. The molecule has 8 heteroatoms. The van der Waals surface area contributed by atoms with Gasteiger partial charge in [0.2, 0.25) is 0 Å². The fraction of sp³-hybridized carbons (Fsp3) is 0.560. The molecular weight excluding hydrogens is 420 g/mol. The van der Waals surface area contributed by atoms with Gasteiger partial charge in [0, 0.05) is 19.1 Å². The highest BCUT2D eigenvalue weighted by molar-refractivity contribution is 5.70. The highest BCUT2D eigenvalue weighted by atomic mass is 16.6. The molecule has 3 fully saturated rings. The monoisotopic (exact) mass is 452 g/mol. The van der Waals surface area contributed by atoms with Crippen molar-refractivity contribution < 1.29 is 14.3 Å². The highest BCUT2D eigenvalue weighted by Crippen LogP contribution is 2.53. The van der Waals surface area contributed by atoms with Crippen LogP contribution in [0.15, 0.2) is 29.1 Å². The summed E-state index contributed by atoms with van der Waals surface area (Å²) in [6.45, 7) is 7.43. The highest BCUT2D eigenvalue weighted by Gasteiger charge is 2.60. The normalized spacial score (nSPS) is 23.4. The number of nitrogens with one attached hydrogen (secondary N) is 1. The van der Waals surface area contributed by atoms with Crippen molar-refractivity contribution in [1.82, 2.24) is 14.5 Å². The molecule has 0 atom stereocenters. The van der Waals surface area contributed by atoms with E-state index in [1.807, 2.05) is 54.5 Å². The molecule has 0 spiro atoms. The first-order valence-corrected chi connectivity index (χ1v) is 11.7. The van der Waals surface area contributed by atoms with E-state index in [1.54, 1.807) is 7.11 Å². The van der Waals surface area contributed by atoms with E-state index in [-0.39, 0.29) is 23.1 Å². The van der Waals surface area contributed by atoms with Crippen LogP contribution < -0.4 is 15.6 Å². The lowest BCUT2D eigenvalue weighted by molar-refractivity contribution is 0.0246. The third kappa shape index (κ3) is 3.85. The van der Waals surface area contributed by atoms with Crippen molar-refractivity contribution in [3.8, 4) is 5.75 Å². The van der Waals surface area contributed by atoms with E-state index in [0.717, 1.165) is 54.9 Å². The van der Waals surface area contributed by atoms with Crippen molar-refractivity contribution in [2.45, 2.75) is 70.1 Å². The first-order chi connectivity index (χ1) is 15.7. The SMILES string of the molecule is COc1ccc(Cn2c(C34CC(C3)N(C(=O)OC(C)(C)C)C4)nc3c(c2=O)CCCN3)cc1. The standard InChI is InChI=1S/C25H32N4O4/c1-24(2,3)33-23(31)29-15-25(12-17(29)13-25)22-27-20-19(6-5-11-26-20)21(30)28(22)14-16-7-9-18(32-4)10-8-16/h7-10,17,26H,5-6,11-15H2,1-4H3. The molecule has 2 aromatic rings. The van der Waals surface area contributed by atoms with Gasteiger partial charge in [0.25, 0.3) is 5.56 Å². The van der Waals surface area contributed by atoms with E-state index >= 15 is 0 Å². The molecule has 1 aliphatic carbocycles. The molecule has 6 rings (SSSR count). The summed E-state index contributed by atoms with van der Waals surface area (Å²) in [5.74, 6) is 2.27. The van der Waals surface area contributed by atoms with Crippen LogP contribution in [-0.2, 0) is 23.1 Å². The fourth-order valence-electron chi connectivity index (χ4n) is 5.34. The summed E-state index contributed by atoms with van der Waals surface area (Å²) in [6.07, 6.45) is 2.98. The average molecular weight is 453 g/mol. The summed E-state index contributed by atoms with van der Waals surface area (Å²) in [4.78, 5) is 33.3. The van der Waals surface area contributed by atoms with Gasteiger partial charge in [-0.1, -0.05) is 12.1 Å². The molecule has 0 radical (unpaired) electrons. The van der Waals surface area contributed by atoms with Crippen LogP contribution in [0.5, 0.6) is 5.75 Å². The zero-order chi connectivity index (χ0) is 23.4. The van der Waals surface area contributed by atoms with Gasteiger partial charge in [0.15, 0.2) is 0 Å². The van der Waals surface area contributed by atoms with Crippen molar-refractivity contribution in [2.24, 2.45) is 0 Å². The van der Waals surface area contributed by atoms with Gasteiger partial charge >= 0.3 is 6.09 Å². The van der Waals surface area contributed by atoms with Crippen LogP contribution in [-0.4, -0.2) is 52.4 Å². The summed E-state index contributed by atoms with van der Waals surface area (Å²) in [5, 5.41) is 3.33. The van der Waals surface area contributed by atoms with Crippen molar-refractivity contribution in [3.05, 3.63) is 51.6 Å². The second-order valence-electron chi connectivity index (χ2n) is 10.5. The van der Waals surface area contributed by atoms with Crippen molar-refractivity contribution in [1.29, 1.82) is 0 Å². The second-order valence-corrected chi connectivity index (χ2v) is 10.5. The van der Waals surface area contributed by atoms with Crippen LogP contribution in [0.1, 0.15) is 57.0 Å². The Hall–Kier alpha value is -3.03.